The summed E-state index contributed by atoms with van der Waals surface area (Å²) < 4.78 is 0. The highest BCUT2D eigenvalue weighted by Gasteiger charge is 2.20. The fraction of sp³-hybridized carbons (Fsp3) is 0.800. The Bertz CT molecular complexity index is 135. The van der Waals surface area contributed by atoms with Crippen LogP contribution in [0.1, 0.15) is 34.6 Å². The average molecular weight is 172 g/mol. The Morgan fingerprint density at radius 2 is 1.82 bits per heavy atom. The van der Waals surface area contributed by atoms with E-state index in [2.05, 4.69) is 53.3 Å². The van der Waals surface area contributed by atoms with Gasteiger partial charge < -0.3 is 0 Å². The molecule has 0 aromatic carbocycles. The van der Waals surface area contributed by atoms with Crippen LogP contribution in [0, 0.1) is 11.3 Å². The molecule has 0 nitrogen and oxygen atoms in total. The van der Waals surface area contributed by atoms with Crippen LogP contribution < -0.4 is 0 Å². The summed E-state index contributed by atoms with van der Waals surface area (Å²) in [6.07, 6.45) is 2.31. The monoisotopic (exact) mass is 172 g/mol. The van der Waals surface area contributed by atoms with Crippen molar-refractivity contribution in [2.24, 2.45) is 11.3 Å². The molecule has 1 heteroatoms. The smallest absolute Gasteiger partial charge is 0.00297 e. The fourth-order valence-electron chi connectivity index (χ4n) is 0.979. The van der Waals surface area contributed by atoms with Crippen molar-refractivity contribution in [1.82, 2.24) is 0 Å². The highest BCUT2D eigenvalue weighted by Crippen LogP contribution is 2.28. The van der Waals surface area contributed by atoms with E-state index in [9.17, 15) is 0 Å². The van der Waals surface area contributed by atoms with Crippen molar-refractivity contribution in [1.29, 1.82) is 0 Å². The van der Waals surface area contributed by atoms with Gasteiger partial charge in [-0.1, -0.05) is 32.4 Å². The Balaban J connectivity index is 4.31. The van der Waals surface area contributed by atoms with Gasteiger partial charge in [0.05, 0.1) is 0 Å². The van der Waals surface area contributed by atoms with Crippen molar-refractivity contribution < 1.29 is 0 Å². The Morgan fingerprint density at radius 1 is 1.36 bits per heavy atom. The lowest BCUT2D eigenvalue weighted by Crippen LogP contribution is -2.20. The minimum Gasteiger partial charge on any atom is -0.179 e. The maximum atomic E-state index is 4.34. The van der Waals surface area contributed by atoms with Crippen LogP contribution in [-0.2, 0) is 0 Å². The predicted molar refractivity (Wildman–Crippen MR) is 56.2 cm³/mol. The quantitative estimate of drug-likeness (QED) is 0.478. The van der Waals surface area contributed by atoms with Crippen LogP contribution >= 0.6 is 12.6 Å². The Kier molecular flexibility index (Phi) is 4.23. The Hall–Kier alpha value is 0.0900. The van der Waals surface area contributed by atoms with Crippen LogP contribution in [0.3, 0.4) is 0 Å². The minimum atomic E-state index is 0.346. The summed E-state index contributed by atoms with van der Waals surface area (Å²) in [5.74, 6) is 1.53. The first-order valence-corrected chi connectivity index (χ1v) is 4.77. The molecule has 11 heavy (non-hydrogen) atoms. The third kappa shape index (κ3) is 4.52. The van der Waals surface area contributed by atoms with Crippen molar-refractivity contribution >= 4 is 12.6 Å². The minimum absolute atomic E-state index is 0.346. The molecule has 0 aromatic heterocycles. The highest BCUT2D eigenvalue weighted by atomic mass is 32.1. The zero-order valence-electron chi connectivity index (χ0n) is 8.31. The Morgan fingerprint density at radius 3 is 1.91 bits per heavy atom. The van der Waals surface area contributed by atoms with Crippen molar-refractivity contribution in [3.8, 4) is 0 Å². The van der Waals surface area contributed by atoms with Crippen molar-refractivity contribution in [3.63, 3.8) is 0 Å². The van der Waals surface area contributed by atoms with E-state index >= 15 is 0 Å². The predicted octanol–water partition coefficient (Wildman–Crippen LogP) is 3.54. The second-order valence-electron chi connectivity index (χ2n) is 4.40. The van der Waals surface area contributed by atoms with Crippen molar-refractivity contribution in [2.45, 2.75) is 34.6 Å². The van der Waals surface area contributed by atoms with E-state index in [-0.39, 0.29) is 0 Å². The normalized spacial score (nSPS) is 14.4. The van der Waals surface area contributed by atoms with Crippen LogP contribution in [0.15, 0.2) is 11.6 Å². The van der Waals surface area contributed by atoms with E-state index in [1.54, 1.807) is 0 Å². The van der Waals surface area contributed by atoms with Gasteiger partial charge in [0.1, 0.15) is 0 Å². The van der Waals surface area contributed by atoms with Gasteiger partial charge >= 0.3 is 0 Å². The lowest BCUT2D eigenvalue weighted by atomic mass is 9.81. The van der Waals surface area contributed by atoms with E-state index < -0.39 is 0 Å². The van der Waals surface area contributed by atoms with Gasteiger partial charge in [0.15, 0.2) is 0 Å². The molecule has 0 N–H and O–H groups in total. The summed E-state index contributed by atoms with van der Waals surface area (Å²) in [5, 5.41) is 0. The van der Waals surface area contributed by atoms with Gasteiger partial charge in [0.25, 0.3) is 0 Å². The van der Waals surface area contributed by atoms with Gasteiger partial charge in [0.2, 0.25) is 0 Å². The van der Waals surface area contributed by atoms with E-state index in [0.29, 0.717) is 11.3 Å². The van der Waals surface area contributed by atoms with Crippen LogP contribution in [0.2, 0.25) is 0 Å². The van der Waals surface area contributed by atoms with Crippen LogP contribution in [0.5, 0.6) is 0 Å². The molecule has 0 radical (unpaired) electrons. The molecule has 0 saturated carbocycles. The highest BCUT2D eigenvalue weighted by molar-refractivity contribution is 7.80. The van der Waals surface area contributed by atoms with Gasteiger partial charge in [0, 0.05) is 0 Å². The second kappa shape index (κ2) is 4.20. The summed E-state index contributed by atoms with van der Waals surface area (Å²) in [4.78, 5) is 0. The van der Waals surface area contributed by atoms with Crippen LogP contribution in [-0.4, -0.2) is 5.75 Å². The number of thiol groups is 1. The molecule has 1 unspecified atom stereocenters. The third-order valence-corrected chi connectivity index (χ3v) is 2.24. The second-order valence-corrected chi connectivity index (χ2v) is 4.76. The van der Waals surface area contributed by atoms with Crippen molar-refractivity contribution in [3.05, 3.63) is 11.6 Å². The molecular formula is C10H20S. The number of allylic oxidation sites excluding steroid dienone is 2. The number of hydrogen-bond acceptors (Lipinski definition) is 1. The molecule has 0 aliphatic rings. The molecule has 0 aliphatic heterocycles. The molecule has 0 aromatic rings. The fourth-order valence-corrected chi connectivity index (χ4v) is 1.63. The van der Waals surface area contributed by atoms with Crippen LogP contribution in [0.4, 0.5) is 0 Å². The summed E-state index contributed by atoms with van der Waals surface area (Å²) in [7, 11) is 0. The maximum absolute atomic E-state index is 4.34. The first-order chi connectivity index (χ1) is 4.88. The van der Waals surface area contributed by atoms with Gasteiger partial charge in [-0.3, -0.25) is 0 Å². The zero-order valence-corrected chi connectivity index (χ0v) is 9.20. The summed E-state index contributed by atoms with van der Waals surface area (Å²) in [6, 6.07) is 0. The zero-order chi connectivity index (χ0) is 9.07. The molecule has 66 valence electrons. The topological polar surface area (TPSA) is 0 Å². The molecular weight excluding hydrogens is 152 g/mol. The summed E-state index contributed by atoms with van der Waals surface area (Å²) in [5.41, 5.74) is 1.73. The van der Waals surface area contributed by atoms with Gasteiger partial charge in [-0.2, -0.15) is 12.6 Å². The molecule has 0 aliphatic carbocycles. The summed E-state index contributed by atoms with van der Waals surface area (Å²) in [6.45, 7) is 11.1. The molecule has 0 heterocycles. The van der Waals surface area contributed by atoms with E-state index in [1.165, 1.54) is 5.57 Å². The van der Waals surface area contributed by atoms with E-state index in [1.807, 2.05) is 0 Å². The first kappa shape index (κ1) is 11.1. The van der Waals surface area contributed by atoms with Crippen LogP contribution in [0.25, 0.3) is 0 Å². The van der Waals surface area contributed by atoms with Gasteiger partial charge in [-0.25, -0.2) is 0 Å². The summed E-state index contributed by atoms with van der Waals surface area (Å²) >= 11 is 4.34. The number of hydrogen-bond donors (Lipinski definition) is 1. The molecule has 0 bridgehead atoms. The lowest BCUT2D eigenvalue weighted by molar-refractivity contribution is 0.318. The first-order valence-electron chi connectivity index (χ1n) is 4.14. The van der Waals surface area contributed by atoms with Gasteiger partial charge in [-0.05, 0) is 30.9 Å². The van der Waals surface area contributed by atoms with Crippen molar-refractivity contribution in [2.75, 3.05) is 5.75 Å². The SMILES string of the molecule is CC(C)=CC(CS)C(C)(C)C. The molecule has 0 saturated heterocycles. The molecule has 0 rings (SSSR count). The molecule has 0 fully saturated rings. The standard InChI is InChI=1S/C10H20S/c1-8(2)6-9(7-11)10(3,4)5/h6,9,11H,7H2,1-5H3. The number of rotatable bonds is 2. The maximum Gasteiger partial charge on any atom is -0.00297 e. The Labute approximate surface area is 76.5 Å². The van der Waals surface area contributed by atoms with E-state index in [4.69, 9.17) is 0 Å². The van der Waals surface area contributed by atoms with E-state index in [0.717, 1.165) is 5.75 Å². The van der Waals surface area contributed by atoms with Gasteiger partial charge in [-0.15, -0.1) is 0 Å². The molecule has 0 amide bonds. The third-order valence-electron chi connectivity index (χ3n) is 1.84. The lowest BCUT2D eigenvalue weighted by Gasteiger charge is -2.27. The largest absolute Gasteiger partial charge is 0.179 e. The molecule has 1 atom stereocenters. The molecule has 0 spiro atoms. The average Bonchev–Trinajstić information content (AvgIpc) is 1.79.